The first-order valence-electron chi connectivity index (χ1n) is 4.44. The zero-order valence-electron chi connectivity index (χ0n) is 9.99. The van der Waals surface area contributed by atoms with E-state index in [4.69, 9.17) is 10.2 Å². The second kappa shape index (κ2) is 8.85. The molecule has 0 spiro atoms. The number of hydrogen-bond donors (Lipinski definition) is 2. The molecule has 1 atom stereocenters. The Morgan fingerprint density at radius 2 is 1.71 bits per heavy atom. The summed E-state index contributed by atoms with van der Waals surface area (Å²) in [6.45, 7) is 3.87. The van der Waals surface area contributed by atoms with Crippen LogP contribution in [0.2, 0.25) is 0 Å². The predicted octanol–water partition coefficient (Wildman–Crippen LogP) is -1.29. The van der Waals surface area contributed by atoms with Gasteiger partial charge in [0.05, 0.1) is 0 Å². The largest absolute Gasteiger partial charge is 1.00 e. The number of carboxylic acids is 2. The molecule has 0 saturated carbocycles. The Morgan fingerprint density at radius 1 is 1.29 bits per heavy atom. The summed E-state index contributed by atoms with van der Waals surface area (Å²) in [7, 11) is 0. The quantitative estimate of drug-likeness (QED) is 0.438. The van der Waals surface area contributed by atoms with Gasteiger partial charge in [0.15, 0.2) is 5.92 Å². The topological polar surface area (TPSA) is 74.6 Å². The predicted molar refractivity (Wildman–Crippen MR) is 48.6 cm³/mol. The van der Waals surface area contributed by atoms with Gasteiger partial charge in [0, 0.05) is 0 Å². The Kier molecular flexibility index (Phi) is 10.7. The Hall–Kier alpha value is 0.576. The summed E-state index contributed by atoms with van der Waals surface area (Å²) in [4.78, 5) is 21.0. The van der Waals surface area contributed by atoms with E-state index in [1.165, 1.54) is 0 Å². The average molecular weight is 228 g/mol. The molecule has 0 amide bonds. The Morgan fingerprint density at radius 3 is 2.00 bits per heavy atom. The molecule has 1 unspecified atom stereocenters. The summed E-state index contributed by atoms with van der Waals surface area (Å²) < 4.78 is 0. The fourth-order valence-corrected chi connectivity index (χ4v) is 1.32. The molecule has 0 aliphatic heterocycles. The van der Waals surface area contributed by atoms with Crippen molar-refractivity contribution >= 4 is 11.9 Å². The van der Waals surface area contributed by atoms with Crippen LogP contribution in [0, 0.1) is 11.8 Å². The third-order valence-electron chi connectivity index (χ3n) is 2.02. The van der Waals surface area contributed by atoms with Crippen LogP contribution in [0.15, 0.2) is 0 Å². The van der Waals surface area contributed by atoms with Crippen LogP contribution in [0.4, 0.5) is 0 Å². The average Bonchev–Trinajstić information content (AvgIpc) is 1.99. The molecule has 0 radical (unpaired) electrons. The fraction of sp³-hybridized carbons (Fsp3) is 0.778. The van der Waals surface area contributed by atoms with E-state index in [-0.39, 0.29) is 65.1 Å². The third-order valence-corrected chi connectivity index (χ3v) is 2.02. The SMILES string of the molecule is CCCC(C)CC(C(=O)O)C(=O)O.[H-].[K+]. The zero-order valence-corrected chi connectivity index (χ0v) is 12.1. The van der Waals surface area contributed by atoms with Gasteiger partial charge < -0.3 is 11.6 Å². The van der Waals surface area contributed by atoms with Gasteiger partial charge in [0.25, 0.3) is 0 Å². The maximum atomic E-state index is 10.5. The first kappa shape index (κ1) is 17.0. The van der Waals surface area contributed by atoms with E-state index < -0.39 is 17.9 Å². The van der Waals surface area contributed by atoms with Gasteiger partial charge in [-0.05, 0) is 12.3 Å². The van der Waals surface area contributed by atoms with Crippen molar-refractivity contribution in [1.82, 2.24) is 0 Å². The third kappa shape index (κ3) is 6.95. The number of rotatable bonds is 6. The van der Waals surface area contributed by atoms with Gasteiger partial charge in [-0.3, -0.25) is 9.59 Å². The monoisotopic (exact) mass is 228 g/mol. The first-order valence-corrected chi connectivity index (χ1v) is 4.44. The minimum absolute atomic E-state index is 0. The number of carboxylic acid groups (broad SMARTS) is 2. The molecule has 0 aliphatic carbocycles. The summed E-state index contributed by atoms with van der Waals surface area (Å²) in [6.07, 6.45) is 2.04. The van der Waals surface area contributed by atoms with Crippen LogP contribution < -0.4 is 51.4 Å². The van der Waals surface area contributed by atoms with Crippen LogP contribution in [0.25, 0.3) is 0 Å². The second-order valence-electron chi connectivity index (χ2n) is 3.36. The molecule has 0 aromatic rings. The molecule has 0 aliphatic rings. The fourth-order valence-electron chi connectivity index (χ4n) is 1.32. The van der Waals surface area contributed by atoms with Gasteiger partial charge in [0.2, 0.25) is 0 Å². The summed E-state index contributed by atoms with van der Waals surface area (Å²) in [5, 5.41) is 17.2. The van der Waals surface area contributed by atoms with E-state index in [0.717, 1.165) is 12.8 Å². The maximum Gasteiger partial charge on any atom is 1.00 e. The standard InChI is InChI=1S/C9H16O4.K.H/c1-3-4-6(2)5-7(8(10)11)9(12)13;;/h6-7H,3-5H2,1-2H3,(H,10,11)(H,12,13);;/q;+1;-1. The molecular weight excluding hydrogens is 211 g/mol. The molecule has 78 valence electrons. The van der Waals surface area contributed by atoms with Crippen molar-refractivity contribution in [3.63, 3.8) is 0 Å². The molecular formula is C9H17KO4. The van der Waals surface area contributed by atoms with Gasteiger partial charge in [-0.2, -0.15) is 0 Å². The van der Waals surface area contributed by atoms with E-state index in [2.05, 4.69) is 0 Å². The van der Waals surface area contributed by atoms with Gasteiger partial charge >= 0.3 is 63.3 Å². The normalized spacial score (nSPS) is 11.9. The van der Waals surface area contributed by atoms with Crippen molar-refractivity contribution in [2.24, 2.45) is 11.8 Å². The number of hydrogen-bond acceptors (Lipinski definition) is 2. The maximum absolute atomic E-state index is 10.5. The van der Waals surface area contributed by atoms with Crippen LogP contribution in [-0.2, 0) is 9.59 Å². The zero-order chi connectivity index (χ0) is 10.4. The van der Waals surface area contributed by atoms with Crippen molar-refractivity contribution < 1.29 is 72.6 Å². The van der Waals surface area contributed by atoms with Crippen molar-refractivity contribution in [1.29, 1.82) is 0 Å². The molecule has 0 aromatic heterocycles. The van der Waals surface area contributed by atoms with E-state index >= 15 is 0 Å². The van der Waals surface area contributed by atoms with Gasteiger partial charge in [-0.25, -0.2) is 0 Å². The van der Waals surface area contributed by atoms with Crippen LogP contribution in [0.3, 0.4) is 0 Å². The molecule has 0 fully saturated rings. The molecule has 2 N–H and O–H groups in total. The minimum Gasteiger partial charge on any atom is -1.00 e. The summed E-state index contributed by atoms with van der Waals surface area (Å²) in [5.74, 6) is -3.57. The van der Waals surface area contributed by atoms with E-state index in [9.17, 15) is 9.59 Å². The molecule has 0 saturated heterocycles. The van der Waals surface area contributed by atoms with Crippen LogP contribution in [0.5, 0.6) is 0 Å². The van der Waals surface area contributed by atoms with E-state index in [1.807, 2.05) is 13.8 Å². The van der Waals surface area contributed by atoms with Crippen LogP contribution in [-0.4, -0.2) is 22.2 Å². The van der Waals surface area contributed by atoms with E-state index in [0.29, 0.717) is 0 Å². The Balaban J connectivity index is -0.000000720. The molecule has 0 bridgehead atoms. The molecule has 0 aromatic carbocycles. The van der Waals surface area contributed by atoms with Crippen LogP contribution in [0.1, 0.15) is 34.5 Å². The molecule has 0 rings (SSSR count). The van der Waals surface area contributed by atoms with Crippen molar-refractivity contribution in [3.05, 3.63) is 0 Å². The van der Waals surface area contributed by atoms with Gasteiger partial charge in [-0.1, -0.05) is 26.7 Å². The summed E-state index contributed by atoms with van der Waals surface area (Å²) >= 11 is 0. The Labute approximate surface area is 128 Å². The molecule has 5 heteroatoms. The second-order valence-corrected chi connectivity index (χ2v) is 3.36. The minimum atomic E-state index is -1.25. The summed E-state index contributed by atoms with van der Waals surface area (Å²) in [6, 6.07) is 0. The van der Waals surface area contributed by atoms with Gasteiger partial charge in [0.1, 0.15) is 0 Å². The van der Waals surface area contributed by atoms with Crippen molar-refractivity contribution in [2.75, 3.05) is 0 Å². The van der Waals surface area contributed by atoms with Gasteiger partial charge in [-0.15, -0.1) is 0 Å². The summed E-state index contributed by atoms with van der Waals surface area (Å²) in [5.41, 5.74) is 0. The molecule has 14 heavy (non-hydrogen) atoms. The molecule has 0 heterocycles. The van der Waals surface area contributed by atoms with Crippen molar-refractivity contribution in [2.45, 2.75) is 33.1 Å². The van der Waals surface area contributed by atoms with Crippen LogP contribution >= 0.6 is 0 Å². The van der Waals surface area contributed by atoms with E-state index in [1.54, 1.807) is 0 Å². The molecule has 4 nitrogen and oxygen atoms in total. The Bertz CT molecular complexity index is 185. The smallest absolute Gasteiger partial charge is 1.00 e. The van der Waals surface area contributed by atoms with Crippen molar-refractivity contribution in [3.8, 4) is 0 Å². The number of carbonyl (C=O) groups is 2. The first-order chi connectivity index (χ1) is 5.99. The number of aliphatic carboxylic acids is 2.